The fourth-order valence-electron chi connectivity index (χ4n) is 8.35. The first kappa shape index (κ1) is 75.3. The number of aromatic hydroxyl groups is 1. The molecular formula is C54H90N16O16. The van der Waals surface area contributed by atoms with Crippen LogP contribution in [0, 0.1) is 17.8 Å². The number of carboxylic acid groups (broad SMARTS) is 1. The summed E-state index contributed by atoms with van der Waals surface area (Å²) in [4.78, 5) is 176. The molecule has 1 rings (SSSR count). The van der Waals surface area contributed by atoms with Crippen LogP contribution >= 0.6 is 0 Å². The molecule has 0 spiro atoms. The van der Waals surface area contributed by atoms with E-state index in [0.717, 1.165) is 6.92 Å². The molecule has 86 heavy (non-hydrogen) atoms. The number of phenolic OH excluding ortho intramolecular Hbond substituents is 1. The summed E-state index contributed by atoms with van der Waals surface area (Å²) < 4.78 is 0. The number of aliphatic hydroxyl groups is 1. The topological polar surface area (TPSA) is 559 Å². The number of aliphatic imine (C=N–C) groups is 1. The number of phenols is 1. The molecule has 0 saturated heterocycles. The molecular weight excluding hydrogens is 1130 g/mol. The zero-order valence-electron chi connectivity index (χ0n) is 49.6. The predicted molar refractivity (Wildman–Crippen MR) is 311 cm³/mol. The molecule has 0 aliphatic rings. The van der Waals surface area contributed by atoms with Crippen LogP contribution < -0.4 is 82.3 Å². The first-order chi connectivity index (χ1) is 40.2. The van der Waals surface area contributed by atoms with Gasteiger partial charge >= 0.3 is 5.97 Å². The van der Waals surface area contributed by atoms with E-state index in [0.29, 0.717) is 18.4 Å². The zero-order valence-corrected chi connectivity index (χ0v) is 49.6. The Balaban J connectivity index is 3.72. The van der Waals surface area contributed by atoms with Gasteiger partial charge in [0.05, 0.1) is 19.1 Å². The molecule has 10 atom stereocenters. The van der Waals surface area contributed by atoms with Crippen molar-refractivity contribution in [3.05, 3.63) is 29.8 Å². The summed E-state index contributed by atoms with van der Waals surface area (Å²) in [7, 11) is 0. The lowest BCUT2D eigenvalue weighted by Gasteiger charge is -2.28. The van der Waals surface area contributed by atoms with Crippen LogP contribution in [0.1, 0.15) is 124 Å². The fraction of sp³-hybridized carbons (Fsp3) is 0.630. The Morgan fingerprint density at radius 2 is 0.942 bits per heavy atom. The monoisotopic (exact) mass is 1220 g/mol. The number of carbonyl (C=O) groups is 13. The second-order valence-electron chi connectivity index (χ2n) is 21.7. The van der Waals surface area contributed by atoms with Gasteiger partial charge in [-0.15, -0.1) is 0 Å². The van der Waals surface area contributed by atoms with Crippen LogP contribution in [-0.2, 0) is 68.7 Å². The number of rotatable bonds is 42. The van der Waals surface area contributed by atoms with Gasteiger partial charge in [-0.3, -0.25) is 67.3 Å². The average molecular weight is 1220 g/mol. The van der Waals surface area contributed by atoms with E-state index in [-0.39, 0.29) is 75.2 Å². The summed E-state index contributed by atoms with van der Waals surface area (Å²) in [6.07, 6.45) is -3.62. The highest BCUT2D eigenvalue weighted by atomic mass is 16.4. The Bertz CT molecular complexity index is 2510. The third-order valence-electron chi connectivity index (χ3n) is 12.9. The smallest absolute Gasteiger partial charge is 0.304 e. The molecule has 1 aromatic rings. The first-order valence-corrected chi connectivity index (χ1v) is 28.2. The second kappa shape index (κ2) is 39.0. The number of carboxylic acids is 1. The van der Waals surface area contributed by atoms with E-state index in [1.807, 2.05) is 13.8 Å². The number of nitrogens with zero attached hydrogens (tertiary/aromatic N) is 1. The van der Waals surface area contributed by atoms with Gasteiger partial charge < -0.3 is 97.6 Å². The van der Waals surface area contributed by atoms with Gasteiger partial charge in [0.15, 0.2) is 5.96 Å². The molecule has 32 heteroatoms. The molecule has 482 valence electrons. The lowest BCUT2D eigenvalue weighted by Crippen LogP contribution is -2.60. The zero-order chi connectivity index (χ0) is 65.4. The van der Waals surface area contributed by atoms with Crippen molar-refractivity contribution in [2.75, 3.05) is 19.6 Å². The summed E-state index contributed by atoms with van der Waals surface area (Å²) >= 11 is 0. The number of hydrogen-bond donors (Lipinski definition) is 18. The van der Waals surface area contributed by atoms with Gasteiger partial charge in [0.1, 0.15) is 54.1 Å². The SMILES string of the molecule is CC(C)C[C@H](NC(=O)[C@H](CC(C)C)NC(=O)[C@H](CCCCN)NC(=O)[C@H](CCCN=C(N)N)NC(=O)[C@H](Cc1ccc(O)cc1)NC(=O)[C@H](CCC(N)=O)NC(=O)[C@H](CCC(N)=O)NC(=O)CNC(=O)[C@@H](NC(=O)[C@@H](C)CC(=O)O)[C@@H](C)O)C(N)=O. The van der Waals surface area contributed by atoms with Gasteiger partial charge in [0.2, 0.25) is 70.9 Å². The van der Waals surface area contributed by atoms with E-state index in [1.54, 1.807) is 13.8 Å². The highest BCUT2D eigenvalue weighted by molar-refractivity contribution is 5.98. The molecule has 0 heterocycles. The third kappa shape index (κ3) is 30.7. The summed E-state index contributed by atoms with van der Waals surface area (Å²) in [5, 5.41) is 51.5. The van der Waals surface area contributed by atoms with Gasteiger partial charge in [-0.05, 0) is 101 Å². The third-order valence-corrected chi connectivity index (χ3v) is 12.9. The minimum absolute atomic E-state index is 0.00182. The van der Waals surface area contributed by atoms with Gasteiger partial charge in [0.25, 0.3) is 0 Å². The predicted octanol–water partition coefficient (Wildman–Crippen LogP) is -5.29. The van der Waals surface area contributed by atoms with Gasteiger partial charge in [0, 0.05) is 31.7 Å². The molecule has 0 aromatic heterocycles. The van der Waals surface area contributed by atoms with Crippen molar-refractivity contribution in [3.63, 3.8) is 0 Å². The van der Waals surface area contributed by atoms with Crippen LogP contribution in [0.4, 0.5) is 0 Å². The molecule has 0 radical (unpaired) electrons. The quantitative estimate of drug-likeness (QED) is 0.0165. The number of guanidine groups is 1. The highest BCUT2D eigenvalue weighted by Gasteiger charge is 2.36. The summed E-state index contributed by atoms with van der Waals surface area (Å²) in [5.41, 5.74) is 33.6. The van der Waals surface area contributed by atoms with Gasteiger partial charge in [-0.25, -0.2) is 0 Å². The van der Waals surface area contributed by atoms with Crippen LogP contribution in [-0.4, -0.2) is 172 Å². The largest absolute Gasteiger partial charge is 0.508 e. The van der Waals surface area contributed by atoms with Gasteiger partial charge in [-0.1, -0.05) is 46.8 Å². The first-order valence-electron chi connectivity index (χ1n) is 28.2. The minimum Gasteiger partial charge on any atom is -0.508 e. The second-order valence-corrected chi connectivity index (χ2v) is 21.7. The van der Waals surface area contributed by atoms with E-state index in [9.17, 15) is 72.5 Å². The molecule has 0 fully saturated rings. The molecule has 12 amide bonds. The molecule has 24 N–H and O–H groups in total. The highest BCUT2D eigenvalue weighted by Crippen LogP contribution is 2.15. The molecule has 0 aliphatic carbocycles. The molecule has 0 aliphatic heterocycles. The van der Waals surface area contributed by atoms with Crippen molar-refractivity contribution >= 4 is 82.8 Å². The maximum Gasteiger partial charge on any atom is 0.304 e. The fourth-order valence-corrected chi connectivity index (χ4v) is 8.35. The Morgan fingerprint density at radius 1 is 0.512 bits per heavy atom. The van der Waals surface area contributed by atoms with E-state index in [1.165, 1.54) is 31.2 Å². The Morgan fingerprint density at radius 3 is 1.40 bits per heavy atom. The van der Waals surface area contributed by atoms with Crippen LogP contribution in [0.3, 0.4) is 0 Å². The van der Waals surface area contributed by atoms with E-state index < -0.39 is 176 Å². The molecule has 0 unspecified atom stereocenters. The molecule has 1 aromatic carbocycles. The number of carbonyl (C=O) groups excluding carboxylic acids is 12. The van der Waals surface area contributed by atoms with Crippen molar-refractivity contribution in [2.24, 2.45) is 57.1 Å². The molecule has 0 bridgehead atoms. The van der Waals surface area contributed by atoms with E-state index in [2.05, 4.69) is 52.8 Å². The van der Waals surface area contributed by atoms with Crippen LogP contribution in [0.15, 0.2) is 29.3 Å². The Labute approximate surface area is 498 Å². The minimum atomic E-state index is -1.73. The number of unbranched alkanes of at least 4 members (excludes halogenated alkanes) is 1. The Kier molecular flexibility index (Phi) is 34.2. The van der Waals surface area contributed by atoms with Crippen molar-refractivity contribution in [3.8, 4) is 5.75 Å². The maximum atomic E-state index is 14.6. The number of nitrogens with one attached hydrogen (secondary N) is 9. The van der Waals surface area contributed by atoms with Crippen LogP contribution in [0.25, 0.3) is 0 Å². The normalized spacial score (nSPS) is 14.5. The average Bonchev–Trinajstić information content (AvgIpc) is 2.60. The summed E-state index contributed by atoms with van der Waals surface area (Å²) in [6.45, 7) is 8.97. The maximum absolute atomic E-state index is 14.6. The summed E-state index contributed by atoms with van der Waals surface area (Å²) in [6, 6.07) is -6.39. The van der Waals surface area contributed by atoms with Crippen LogP contribution in [0.5, 0.6) is 5.75 Å². The number of aliphatic carboxylic acids is 1. The number of hydrogen-bond acceptors (Lipinski definition) is 17. The molecule has 0 saturated carbocycles. The number of nitrogens with two attached hydrogens (primary N) is 6. The molecule has 32 nitrogen and oxygen atoms in total. The van der Waals surface area contributed by atoms with Crippen molar-refractivity contribution < 1.29 is 77.6 Å². The van der Waals surface area contributed by atoms with E-state index >= 15 is 0 Å². The number of aliphatic hydroxyl groups excluding tert-OH is 1. The standard InChI is InChI=1S/C54H90N16O16/c1-27(2)22-37(45(58)78)67-51(84)38(23-28(3)4)68-48(81)33(10-7-8-20-55)64-47(80)34(11-9-21-61-54(59)60)65-52(85)39(25-31-12-14-32(72)15-13-31)69-50(83)36(17-19-41(57)74)66-49(82)35(16-18-40(56)73)63-42(75)26-62-53(86)44(30(6)71)70-46(79)29(5)24-43(76)77/h12-15,27-30,33-39,44,71-72H,7-11,16-26,55H2,1-6H3,(H2,56,73)(H2,57,74)(H2,58,78)(H,62,86)(H,63,75)(H,64,80)(H,65,85)(H,66,82)(H,67,84)(H,68,81)(H,69,83)(H,70,79)(H,76,77)(H4,59,60,61)/t29-,30+,33-,34-,35-,36-,37-,38-,39-,44-/m0/s1. The van der Waals surface area contributed by atoms with Crippen molar-refractivity contribution in [1.29, 1.82) is 0 Å². The number of amides is 12. The lowest BCUT2D eigenvalue weighted by molar-refractivity contribution is -0.141. The van der Waals surface area contributed by atoms with Crippen molar-refractivity contribution in [1.82, 2.24) is 47.9 Å². The van der Waals surface area contributed by atoms with E-state index in [4.69, 9.17) is 39.5 Å². The summed E-state index contributed by atoms with van der Waals surface area (Å²) in [5.74, 6) is -14.4. The Hall–Kier alpha value is -8.68. The van der Waals surface area contributed by atoms with Gasteiger partial charge in [-0.2, -0.15) is 0 Å². The lowest BCUT2D eigenvalue weighted by atomic mass is 9.99. The van der Waals surface area contributed by atoms with Crippen LogP contribution in [0.2, 0.25) is 0 Å². The number of benzene rings is 1. The number of primary amides is 3. The van der Waals surface area contributed by atoms with Crippen molar-refractivity contribution in [2.45, 2.75) is 179 Å².